The molecule has 0 unspecified atom stereocenters. The van der Waals surface area contributed by atoms with Gasteiger partial charge < -0.3 is 15.8 Å². The van der Waals surface area contributed by atoms with Crippen LogP contribution in [-0.2, 0) is 4.79 Å². The van der Waals surface area contributed by atoms with Gasteiger partial charge in [-0.1, -0.05) is 12.2 Å². The Balaban J connectivity index is 2.10. The third-order valence-electron chi connectivity index (χ3n) is 3.32. The molecule has 0 aromatic carbocycles. The lowest BCUT2D eigenvalue weighted by molar-refractivity contribution is -0.122. The Morgan fingerprint density at radius 3 is 2.85 bits per heavy atom. The van der Waals surface area contributed by atoms with Gasteiger partial charge in [-0.25, -0.2) is 4.98 Å². The zero-order valence-corrected chi connectivity index (χ0v) is 11.2. The van der Waals surface area contributed by atoms with Crippen LogP contribution in [0.3, 0.4) is 0 Å². The number of nitrogens with one attached hydrogen (secondary N) is 1. The van der Waals surface area contributed by atoms with Gasteiger partial charge in [0.05, 0.1) is 13.0 Å². The summed E-state index contributed by atoms with van der Waals surface area (Å²) in [6.07, 6.45) is 6.51. The largest absolute Gasteiger partial charge is 0.481 e. The van der Waals surface area contributed by atoms with E-state index in [0.717, 1.165) is 0 Å². The van der Waals surface area contributed by atoms with Crippen LogP contribution in [0.15, 0.2) is 30.5 Å². The van der Waals surface area contributed by atoms with Crippen LogP contribution in [0, 0.1) is 5.92 Å². The first-order valence-corrected chi connectivity index (χ1v) is 6.37. The Morgan fingerprint density at radius 2 is 2.15 bits per heavy atom. The number of primary amides is 1. The van der Waals surface area contributed by atoms with Crippen molar-refractivity contribution in [1.82, 2.24) is 10.3 Å². The second-order valence-corrected chi connectivity index (χ2v) is 4.62. The lowest BCUT2D eigenvalue weighted by Gasteiger charge is -2.26. The Labute approximate surface area is 117 Å². The first kappa shape index (κ1) is 14.0. The molecule has 3 N–H and O–H groups in total. The number of carbonyl (C=O) groups is 2. The molecule has 20 heavy (non-hydrogen) atoms. The first-order chi connectivity index (χ1) is 9.61. The predicted molar refractivity (Wildman–Crippen MR) is 73.1 cm³/mol. The number of methoxy groups -OCH3 is 1. The Hall–Kier alpha value is -2.37. The van der Waals surface area contributed by atoms with Crippen molar-refractivity contribution < 1.29 is 14.3 Å². The Morgan fingerprint density at radius 1 is 1.40 bits per heavy atom. The third-order valence-corrected chi connectivity index (χ3v) is 3.32. The van der Waals surface area contributed by atoms with Gasteiger partial charge >= 0.3 is 0 Å². The van der Waals surface area contributed by atoms with E-state index in [9.17, 15) is 9.59 Å². The molecule has 1 aromatic heterocycles. The lowest BCUT2D eigenvalue weighted by atomic mass is 9.88. The maximum atomic E-state index is 12.2. The van der Waals surface area contributed by atoms with E-state index in [2.05, 4.69) is 10.3 Å². The highest BCUT2D eigenvalue weighted by Gasteiger charge is 2.28. The van der Waals surface area contributed by atoms with Gasteiger partial charge in [0.25, 0.3) is 5.91 Å². The molecule has 0 saturated heterocycles. The number of amides is 2. The van der Waals surface area contributed by atoms with Crippen LogP contribution in [0.5, 0.6) is 5.88 Å². The molecule has 1 aliphatic carbocycles. The summed E-state index contributed by atoms with van der Waals surface area (Å²) in [7, 11) is 1.49. The Bertz CT molecular complexity index is 542. The molecule has 0 saturated carbocycles. The molecule has 6 nitrogen and oxygen atoms in total. The van der Waals surface area contributed by atoms with Crippen molar-refractivity contribution in [2.45, 2.75) is 18.9 Å². The highest BCUT2D eigenvalue weighted by Crippen LogP contribution is 2.19. The van der Waals surface area contributed by atoms with Gasteiger partial charge in [-0.2, -0.15) is 0 Å². The van der Waals surface area contributed by atoms with Crippen LogP contribution in [-0.4, -0.2) is 29.9 Å². The molecular formula is C14H17N3O3. The van der Waals surface area contributed by atoms with Crippen molar-refractivity contribution in [2.24, 2.45) is 11.7 Å². The molecule has 1 heterocycles. The fourth-order valence-corrected chi connectivity index (χ4v) is 2.20. The van der Waals surface area contributed by atoms with E-state index in [-0.39, 0.29) is 17.9 Å². The van der Waals surface area contributed by atoms with Crippen molar-refractivity contribution in [2.75, 3.05) is 7.11 Å². The second kappa shape index (κ2) is 6.18. The molecule has 1 aromatic rings. The van der Waals surface area contributed by atoms with Crippen molar-refractivity contribution in [3.63, 3.8) is 0 Å². The minimum Gasteiger partial charge on any atom is -0.481 e. The van der Waals surface area contributed by atoms with Crippen LogP contribution >= 0.6 is 0 Å². The monoisotopic (exact) mass is 275 g/mol. The van der Waals surface area contributed by atoms with Gasteiger partial charge in [0.15, 0.2) is 0 Å². The number of carbonyl (C=O) groups excluding carboxylic acids is 2. The normalized spacial score (nSPS) is 21.2. The minimum absolute atomic E-state index is 0.266. The van der Waals surface area contributed by atoms with E-state index in [4.69, 9.17) is 10.5 Å². The third kappa shape index (κ3) is 3.14. The Kier molecular flexibility index (Phi) is 4.34. The van der Waals surface area contributed by atoms with Crippen molar-refractivity contribution >= 4 is 11.8 Å². The molecule has 2 atom stereocenters. The summed E-state index contributed by atoms with van der Waals surface area (Å²) in [4.78, 5) is 27.5. The van der Waals surface area contributed by atoms with Gasteiger partial charge in [0.2, 0.25) is 11.8 Å². The van der Waals surface area contributed by atoms with E-state index >= 15 is 0 Å². The van der Waals surface area contributed by atoms with E-state index in [1.807, 2.05) is 12.2 Å². The summed E-state index contributed by atoms with van der Waals surface area (Å²) in [5.74, 6) is -0.662. The van der Waals surface area contributed by atoms with Crippen LogP contribution in [0.4, 0.5) is 0 Å². The van der Waals surface area contributed by atoms with Gasteiger partial charge in [0, 0.05) is 23.9 Å². The number of nitrogens with two attached hydrogens (primary N) is 1. The number of hydrogen-bond acceptors (Lipinski definition) is 4. The van der Waals surface area contributed by atoms with E-state index < -0.39 is 5.91 Å². The van der Waals surface area contributed by atoms with E-state index in [0.29, 0.717) is 24.3 Å². The molecule has 0 bridgehead atoms. The number of pyridine rings is 1. The summed E-state index contributed by atoms with van der Waals surface area (Å²) in [6.45, 7) is 0. The summed E-state index contributed by atoms with van der Waals surface area (Å²) >= 11 is 0. The average Bonchev–Trinajstić information content (AvgIpc) is 2.47. The molecule has 0 spiro atoms. The molecule has 0 fully saturated rings. The topological polar surface area (TPSA) is 94.3 Å². The van der Waals surface area contributed by atoms with Crippen LogP contribution in [0.1, 0.15) is 23.2 Å². The van der Waals surface area contributed by atoms with Crippen LogP contribution in [0.25, 0.3) is 0 Å². The van der Waals surface area contributed by atoms with E-state index in [1.165, 1.54) is 13.3 Å². The minimum atomic E-state index is -0.396. The van der Waals surface area contributed by atoms with Gasteiger partial charge in [-0.3, -0.25) is 9.59 Å². The maximum Gasteiger partial charge on any atom is 0.251 e. The molecule has 106 valence electrons. The lowest BCUT2D eigenvalue weighted by Crippen LogP contribution is -2.46. The summed E-state index contributed by atoms with van der Waals surface area (Å²) in [5.41, 5.74) is 5.80. The number of allylic oxidation sites excluding steroid dienone is 1. The van der Waals surface area contributed by atoms with Crippen LogP contribution in [0.2, 0.25) is 0 Å². The predicted octanol–water partition coefficient (Wildman–Crippen LogP) is 0.640. The molecular weight excluding hydrogens is 258 g/mol. The van der Waals surface area contributed by atoms with Gasteiger partial charge in [-0.05, 0) is 18.9 Å². The van der Waals surface area contributed by atoms with E-state index in [1.54, 1.807) is 12.1 Å². The van der Waals surface area contributed by atoms with Gasteiger partial charge in [-0.15, -0.1) is 0 Å². The molecule has 1 aliphatic rings. The van der Waals surface area contributed by atoms with Crippen molar-refractivity contribution in [1.29, 1.82) is 0 Å². The fraction of sp³-hybridized carbons (Fsp3) is 0.357. The average molecular weight is 275 g/mol. The summed E-state index contributed by atoms with van der Waals surface area (Å²) in [6, 6.07) is 2.87. The van der Waals surface area contributed by atoms with Gasteiger partial charge in [0.1, 0.15) is 0 Å². The first-order valence-electron chi connectivity index (χ1n) is 6.37. The highest BCUT2D eigenvalue weighted by molar-refractivity contribution is 5.95. The number of rotatable bonds is 4. The summed E-state index contributed by atoms with van der Waals surface area (Å²) in [5, 5.41) is 2.84. The zero-order chi connectivity index (χ0) is 14.5. The molecule has 0 aliphatic heterocycles. The van der Waals surface area contributed by atoms with Crippen molar-refractivity contribution in [3.05, 3.63) is 36.0 Å². The molecule has 0 radical (unpaired) electrons. The SMILES string of the molecule is COc1cc(C(=O)N[C@@H]2CC=CC[C@H]2C(N)=O)ccn1. The number of hydrogen-bond donors (Lipinski definition) is 2. The van der Waals surface area contributed by atoms with Crippen molar-refractivity contribution in [3.8, 4) is 5.88 Å². The standard InChI is InChI=1S/C14H17N3O3/c1-20-12-8-9(6-7-16-12)14(19)17-11-5-3-2-4-10(11)13(15)18/h2-3,6-8,10-11H,4-5H2,1H3,(H2,15,18)(H,17,19)/t10-,11-/m1/s1. The maximum absolute atomic E-state index is 12.2. The van der Waals surface area contributed by atoms with Crippen LogP contribution < -0.4 is 15.8 Å². The highest BCUT2D eigenvalue weighted by atomic mass is 16.5. The quantitative estimate of drug-likeness (QED) is 0.788. The molecule has 2 rings (SSSR count). The molecule has 2 amide bonds. The number of nitrogens with zero attached hydrogens (tertiary/aromatic N) is 1. The number of aromatic nitrogens is 1. The number of ether oxygens (including phenoxy) is 1. The smallest absolute Gasteiger partial charge is 0.251 e. The zero-order valence-electron chi connectivity index (χ0n) is 11.2. The molecule has 6 heteroatoms. The fourth-order valence-electron chi connectivity index (χ4n) is 2.20. The second-order valence-electron chi connectivity index (χ2n) is 4.62. The summed E-state index contributed by atoms with van der Waals surface area (Å²) < 4.78 is 4.98.